The summed E-state index contributed by atoms with van der Waals surface area (Å²) >= 11 is 0. The SMILES string of the molecule is [NH-][N+]#CO. The maximum Gasteiger partial charge on any atom is 0.509 e. The van der Waals surface area contributed by atoms with Gasteiger partial charge in [0.2, 0.25) is 0 Å². The minimum atomic E-state index is 1.22. The van der Waals surface area contributed by atoms with Crippen molar-refractivity contribution in [2.75, 3.05) is 0 Å². The molecule has 0 aliphatic heterocycles. The minimum absolute atomic E-state index is 1.22. The second-order valence-corrected chi connectivity index (χ2v) is 0.212. The second kappa shape index (κ2) is 2.09. The summed E-state index contributed by atoms with van der Waals surface area (Å²) < 4.78 is 0. The highest BCUT2D eigenvalue weighted by atomic mass is 16.2. The number of aliphatic hydroxyl groups is 1. The predicted octanol–water partition coefficient (Wildman–Crippen LogP) is 0.617. The summed E-state index contributed by atoms with van der Waals surface area (Å²) in [5.41, 5.74) is 0. The van der Waals surface area contributed by atoms with Gasteiger partial charge in [-0.1, -0.05) is 4.95 Å². The van der Waals surface area contributed by atoms with Gasteiger partial charge in [0, 0.05) is 0 Å². The van der Waals surface area contributed by atoms with Crippen LogP contribution < -0.4 is 0 Å². The van der Waals surface area contributed by atoms with Gasteiger partial charge in [-0.05, 0) is 0 Å². The molecule has 0 bridgehead atoms. The predicted molar refractivity (Wildman–Crippen MR) is 13.5 cm³/mol. The maximum absolute atomic E-state index is 7.27. The summed E-state index contributed by atoms with van der Waals surface area (Å²) in [5.74, 6) is 5.72. The molecular weight excluding hydrogens is 56.0 g/mol. The van der Waals surface area contributed by atoms with Gasteiger partial charge in [0.1, 0.15) is 0 Å². The zero-order chi connectivity index (χ0) is 3.41. The highest BCUT2D eigenvalue weighted by Gasteiger charge is 1.42. The summed E-state index contributed by atoms with van der Waals surface area (Å²) in [4.78, 5) is 2.29. The second-order valence-electron chi connectivity index (χ2n) is 0.212. The van der Waals surface area contributed by atoms with Crippen LogP contribution in [0.4, 0.5) is 0 Å². The molecule has 22 valence electrons. The van der Waals surface area contributed by atoms with Crippen LogP contribution in [0.3, 0.4) is 0 Å². The Morgan fingerprint density at radius 2 is 2.25 bits per heavy atom. The van der Waals surface area contributed by atoms with E-state index in [1.165, 1.54) is 6.26 Å². The Labute approximate surface area is 23.4 Å². The van der Waals surface area contributed by atoms with Crippen molar-refractivity contribution in [3.05, 3.63) is 10.8 Å². The van der Waals surface area contributed by atoms with E-state index < -0.39 is 0 Å². The molecule has 0 aromatic carbocycles. The average molecular weight is 58.0 g/mol. The van der Waals surface area contributed by atoms with Gasteiger partial charge in [-0.25, -0.2) is 0 Å². The number of aliphatic hydroxyl groups excluding tert-OH is 1. The minimum Gasteiger partial charge on any atom is -0.408 e. The van der Waals surface area contributed by atoms with Gasteiger partial charge in [0.15, 0.2) is 0 Å². The highest BCUT2D eigenvalue weighted by molar-refractivity contribution is 4.70. The van der Waals surface area contributed by atoms with Crippen LogP contribution in [-0.2, 0) is 0 Å². The van der Waals surface area contributed by atoms with Crippen LogP contribution in [0.5, 0.6) is 0 Å². The molecule has 3 heteroatoms. The number of nitrogens with zero attached hydrogens (tertiary/aromatic N) is 1. The van der Waals surface area contributed by atoms with Crippen LogP contribution in [0.2, 0.25) is 0 Å². The summed E-state index contributed by atoms with van der Waals surface area (Å²) in [6, 6.07) is 0. The third kappa shape index (κ3) is 1.09. The molecular formula is CH2N2O. The fraction of sp³-hybridized carbons (Fsp3) is 0. The van der Waals surface area contributed by atoms with E-state index in [2.05, 4.69) is 4.95 Å². The molecule has 0 aliphatic rings. The fourth-order valence-electron chi connectivity index (χ4n) is 0. The van der Waals surface area contributed by atoms with Crippen LogP contribution in [0.15, 0.2) is 0 Å². The normalized spacial score (nSPS) is 3.00. The molecule has 0 aliphatic carbocycles. The van der Waals surface area contributed by atoms with Crippen LogP contribution in [-0.4, -0.2) is 5.11 Å². The van der Waals surface area contributed by atoms with Gasteiger partial charge in [0.25, 0.3) is 0 Å². The number of hydrogen-bond donors (Lipinski definition) is 1. The zero-order valence-corrected chi connectivity index (χ0v) is 1.89. The van der Waals surface area contributed by atoms with E-state index in [-0.39, 0.29) is 0 Å². The van der Waals surface area contributed by atoms with Gasteiger partial charge >= 0.3 is 6.26 Å². The van der Waals surface area contributed by atoms with Gasteiger partial charge in [-0.2, -0.15) is 0 Å². The van der Waals surface area contributed by atoms with Gasteiger partial charge in [0.05, 0.1) is 0 Å². The van der Waals surface area contributed by atoms with E-state index in [1.807, 2.05) is 0 Å². The Bertz CT molecular complexity index is 42.8. The molecule has 0 unspecified atom stereocenters. The zero-order valence-electron chi connectivity index (χ0n) is 1.89. The third-order valence-corrected chi connectivity index (χ3v) is 0.0500. The smallest absolute Gasteiger partial charge is 0.408 e. The molecule has 2 N–H and O–H groups in total. The maximum atomic E-state index is 7.27. The van der Waals surface area contributed by atoms with Crippen molar-refractivity contribution in [3.63, 3.8) is 0 Å². The molecule has 0 aromatic rings. The quantitative estimate of drug-likeness (QED) is 0.322. The van der Waals surface area contributed by atoms with E-state index >= 15 is 0 Å². The van der Waals surface area contributed by atoms with Crippen LogP contribution >= 0.6 is 0 Å². The molecule has 0 aromatic heterocycles. The first-order valence-electron chi connectivity index (χ1n) is 0.671. The molecule has 0 heterocycles. The lowest BCUT2D eigenvalue weighted by atomic mass is 11.6. The third-order valence-electron chi connectivity index (χ3n) is 0.0500. The first-order valence-corrected chi connectivity index (χ1v) is 0.671. The van der Waals surface area contributed by atoms with E-state index in [4.69, 9.17) is 10.9 Å². The Kier molecular flexibility index (Phi) is 1.61. The van der Waals surface area contributed by atoms with Crippen molar-refractivity contribution in [2.45, 2.75) is 0 Å². The largest absolute Gasteiger partial charge is 0.509 e. The Morgan fingerprint density at radius 1 is 2.00 bits per heavy atom. The molecule has 0 spiro atoms. The van der Waals surface area contributed by atoms with Gasteiger partial charge < -0.3 is 10.9 Å². The van der Waals surface area contributed by atoms with Gasteiger partial charge in [-0.3, -0.25) is 0 Å². The molecule has 0 radical (unpaired) electrons. The van der Waals surface area contributed by atoms with E-state index in [9.17, 15) is 0 Å². The molecule has 0 amide bonds. The Morgan fingerprint density at radius 3 is 2.25 bits per heavy atom. The molecule has 0 rings (SSSR count). The molecule has 0 fully saturated rings. The number of rotatable bonds is 0. The fourth-order valence-corrected chi connectivity index (χ4v) is 0. The molecule has 0 saturated carbocycles. The van der Waals surface area contributed by atoms with E-state index in [0.717, 1.165) is 0 Å². The van der Waals surface area contributed by atoms with E-state index in [1.54, 1.807) is 0 Å². The molecule has 0 saturated heterocycles. The highest BCUT2D eigenvalue weighted by Crippen LogP contribution is 1.49. The summed E-state index contributed by atoms with van der Waals surface area (Å²) in [7, 11) is 0. The Balaban J connectivity index is 2.83. The lowest BCUT2D eigenvalue weighted by Crippen LogP contribution is -1.31. The monoisotopic (exact) mass is 58.0 g/mol. The lowest BCUT2D eigenvalue weighted by molar-refractivity contribution is 0.515. The first kappa shape index (κ1) is 3.09. The van der Waals surface area contributed by atoms with Crippen molar-refractivity contribution >= 4 is 0 Å². The van der Waals surface area contributed by atoms with Crippen molar-refractivity contribution in [3.8, 4) is 6.26 Å². The number of hydrogen-bond acceptors (Lipinski definition) is 1. The van der Waals surface area contributed by atoms with Crippen molar-refractivity contribution < 1.29 is 5.11 Å². The average Bonchev–Trinajstić information content (AvgIpc) is 1.37. The standard InChI is InChI=1S/CH2N2O/c2-3-1-4/h2,4H. The van der Waals surface area contributed by atoms with Crippen molar-refractivity contribution in [1.82, 2.24) is 0 Å². The summed E-state index contributed by atoms with van der Waals surface area (Å²) in [5, 5.41) is 7.27. The molecule has 4 heavy (non-hydrogen) atoms. The molecule has 0 atom stereocenters. The van der Waals surface area contributed by atoms with E-state index in [0.29, 0.717) is 0 Å². The van der Waals surface area contributed by atoms with Crippen LogP contribution in [0, 0.1) is 6.26 Å². The van der Waals surface area contributed by atoms with Gasteiger partial charge in [-0.15, -0.1) is 0 Å². The summed E-state index contributed by atoms with van der Waals surface area (Å²) in [6.07, 6.45) is 1.22. The first-order chi connectivity index (χ1) is 1.91. The number of nitrogens with one attached hydrogen (secondary N) is 1. The topological polar surface area (TPSA) is 48.4 Å². The lowest BCUT2D eigenvalue weighted by Gasteiger charge is -1.38. The van der Waals surface area contributed by atoms with Crippen molar-refractivity contribution in [1.29, 1.82) is 0 Å². The van der Waals surface area contributed by atoms with Crippen molar-refractivity contribution in [2.24, 2.45) is 0 Å². The summed E-state index contributed by atoms with van der Waals surface area (Å²) in [6.45, 7) is 0. The van der Waals surface area contributed by atoms with Crippen LogP contribution in [0.1, 0.15) is 0 Å². The van der Waals surface area contributed by atoms with Crippen LogP contribution in [0.25, 0.3) is 10.8 Å². The Hall–Kier alpha value is -0.910. The molecule has 3 nitrogen and oxygen atoms in total.